The number of carbonyl (C=O) groups is 1. The number of pyridine rings is 1. The van der Waals surface area contributed by atoms with Crippen LogP contribution in [0, 0.1) is 0 Å². The third-order valence-corrected chi connectivity index (χ3v) is 3.34. The van der Waals surface area contributed by atoms with Crippen molar-refractivity contribution in [3.8, 4) is 5.88 Å². The lowest BCUT2D eigenvalue weighted by atomic mass is 10.2. The summed E-state index contributed by atoms with van der Waals surface area (Å²) in [5, 5.41) is 0.355. The van der Waals surface area contributed by atoms with E-state index < -0.39 is 5.60 Å². The highest BCUT2D eigenvalue weighted by Gasteiger charge is 2.39. The lowest BCUT2D eigenvalue weighted by Gasteiger charge is -2.24. The van der Waals surface area contributed by atoms with Crippen LogP contribution in [-0.2, 0) is 9.47 Å². The molecule has 1 aliphatic heterocycles. The van der Waals surface area contributed by atoms with Crippen molar-refractivity contribution < 1.29 is 19.0 Å². The van der Waals surface area contributed by atoms with Gasteiger partial charge in [0.25, 0.3) is 0 Å². The second-order valence-electron chi connectivity index (χ2n) is 6.11. The number of carbonyl (C=O) groups excluding carboxylic acids is 1. The van der Waals surface area contributed by atoms with E-state index in [9.17, 15) is 4.79 Å². The summed E-state index contributed by atoms with van der Waals surface area (Å²) in [4.78, 5) is 17.8. The van der Waals surface area contributed by atoms with Gasteiger partial charge in [0.05, 0.1) is 13.1 Å². The molecule has 0 bridgehead atoms. The maximum atomic E-state index is 12.1. The van der Waals surface area contributed by atoms with Crippen molar-refractivity contribution in [2.75, 3.05) is 20.2 Å². The summed E-state index contributed by atoms with van der Waals surface area (Å²) < 4.78 is 16.6. The van der Waals surface area contributed by atoms with Crippen LogP contribution in [0.25, 0.3) is 0 Å². The number of aromatic nitrogens is 1. The number of hydrogen-bond acceptors (Lipinski definition) is 5. The van der Waals surface area contributed by atoms with Crippen molar-refractivity contribution in [1.82, 2.24) is 9.88 Å². The smallest absolute Gasteiger partial charge is 0.410 e. The number of nitrogens with zero attached hydrogens (tertiary/aromatic N) is 2. The summed E-state index contributed by atoms with van der Waals surface area (Å²) in [6, 6.07) is 5.14. The summed E-state index contributed by atoms with van der Waals surface area (Å²) >= 11 is 5.85. The zero-order chi connectivity index (χ0) is 16.3. The van der Waals surface area contributed by atoms with Crippen LogP contribution in [0.4, 0.5) is 4.79 Å². The summed E-state index contributed by atoms with van der Waals surface area (Å²) in [6.45, 7) is 6.29. The Labute approximate surface area is 135 Å². The molecule has 0 aliphatic carbocycles. The molecule has 1 saturated heterocycles. The highest BCUT2D eigenvalue weighted by molar-refractivity contribution is 6.29. The first kappa shape index (κ1) is 16.8. The molecular formula is C15H21ClN2O4. The number of rotatable bonds is 3. The Morgan fingerprint density at radius 2 is 2.00 bits per heavy atom. The number of methoxy groups -OCH3 is 1. The summed E-state index contributed by atoms with van der Waals surface area (Å²) in [6.07, 6.45) is -0.934. The van der Waals surface area contributed by atoms with E-state index in [1.807, 2.05) is 20.8 Å². The first-order chi connectivity index (χ1) is 10.3. The zero-order valence-corrected chi connectivity index (χ0v) is 14.0. The van der Waals surface area contributed by atoms with Crippen molar-refractivity contribution in [2.24, 2.45) is 0 Å². The summed E-state index contributed by atoms with van der Waals surface area (Å²) in [5.41, 5.74) is -0.535. The standard InChI is InChI=1S/C15H21ClN2O4/c1-15(2,3)22-14(19)18-8-10(20-4)11(9-18)21-13-7-5-6-12(16)17-13/h5-7,10-11H,8-9H2,1-4H3. The molecule has 2 unspecified atom stereocenters. The Morgan fingerprint density at radius 1 is 1.32 bits per heavy atom. The molecule has 2 rings (SSSR count). The number of hydrogen-bond donors (Lipinski definition) is 0. The van der Waals surface area contributed by atoms with Crippen LogP contribution in [0.1, 0.15) is 20.8 Å². The molecular weight excluding hydrogens is 308 g/mol. The second-order valence-corrected chi connectivity index (χ2v) is 6.50. The maximum absolute atomic E-state index is 12.1. The molecule has 1 fully saturated rings. The Hall–Kier alpha value is -1.53. The molecule has 1 aromatic heterocycles. The quantitative estimate of drug-likeness (QED) is 0.798. The lowest BCUT2D eigenvalue weighted by Crippen LogP contribution is -2.36. The monoisotopic (exact) mass is 328 g/mol. The first-order valence-electron chi connectivity index (χ1n) is 7.08. The minimum absolute atomic E-state index is 0.242. The van der Waals surface area contributed by atoms with Gasteiger partial charge >= 0.3 is 6.09 Å². The Kier molecular flexibility index (Phi) is 5.13. The van der Waals surface area contributed by atoms with Gasteiger partial charge < -0.3 is 19.1 Å². The van der Waals surface area contributed by atoms with Gasteiger partial charge in [0.15, 0.2) is 0 Å². The van der Waals surface area contributed by atoms with Gasteiger partial charge in [0.1, 0.15) is 23.0 Å². The van der Waals surface area contributed by atoms with Crippen LogP contribution < -0.4 is 4.74 Å². The van der Waals surface area contributed by atoms with Gasteiger partial charge in [-0.25, -0.2) is 9.78 Å². The highest BCUT2D eigenvalue weighted by Crippen LogP contribution is 2.22. The van der Waals surface area contributed by atoms with Gasteiger partial charge in [0.2, 0.25) is 5.88 Å². The minimum Gasteiger partial charge on any atom is -0.470 e. The normalized spacial score (nSPS) is 21.8. The van der Waals surface area contributed by atoms with Crippen LogP contribution in [0.15, 0.2) is 18.2 Å². The minimum atomic E-state index is -0.535. The Balaban J connectivity index is 2.02. The van der Waals surface area contributed by atoms with Crippen LogP contribution in [-0.4, -0.2) is 54.0 Å². The van der Waals surface area contributed by atoms with Crippen molar-refractivity contribution in [2.45, 2.75) is 38.6 Å². The fourth-order valence-electron chi connectivity index (χ4n) is 2.17. The summed E-state index contributed by atoms with van der Waals surface area (Å²) in [7, 11) is 1.59. The van der Waals surface area contributed by atoms with Gasteiger partial charge in [0, 0.05) is 13.2 Å². The van der Waals surface area contributed by atoms with E-state index in [-0.39, 0.29) is 18.3 Å². The lowest BCUT2D eigenvalue weighted by molar-refractivity contribution is 0.0238. The van der Waals surface area contributed by atoms with E-state index >= 15 is 0 Å². The number of halogens is 1. The SMILES string of the molecule is COC1CN(C(=O)OC(C)(C)C)CC1Oc1cccc(Cl)n1. The number of ether oxygens (including phenoxy) is 3. The molecule has 1 amide bonds. The van der Waals surface area contributed by atoms with E-state index in [1.165, 1.54) is 0 Å². The van der Waals surface area contributed by atoms with Gasteiger partial charge in [-0.15, -0.1) is 0 Å². The van der Waals surface area contributed by atoms with Crippen LogP contribution in [0.3, 0.4) is 0 Å². The predicted molar refractivity (Wildman–Crippen MR) is 82.3 cm³/mol. The molecule has 0 radical (unpaired) electrons. The fraction of sp³-hybridized carbons (Fsp3) is 0.600. The van der Waals surface area contributed by atoms with Crippen molar-refractivity contribution in [1.29, 1.82) is 0 Å². The highest BCUT2D eigenvalue weighted by atomic mass is 35.5. The van der Waals surface area contributed by atoms with Gasteiger partial charge in [-0.2, -0.15) is 0 Å². The van der Waals surface area contributed by atoms with E-state index in [0.29, 0.717) is 24.1 Å². The molecule has 0 saturated carbocycles. The van der Waals surface area contributed by atoms with E-state index in [2.05, 4.69) is 4.98 Å². The van der Waals surface area contributed by atoms with Crippen LogP contribution >= 0.6 is 11.6 Å². The van der Waals surface area contributed by atoms with E-state index in [0.717, 1.165) is 0 Å². The van der Waals surface area contributed by atoms with Crippen LogP contribution in [0.2, 0.25) is 5.15 Å². The Morgan fingerprint density at radius 3 is 2.59 bits per heavy atom. The summed E-state index contributed by atoms with van der Waals surface area (Å²) in [5.74, 6) is 0.408. The largest absolute Gasteiger partial charge is 0.470 e. The van der Waals surface area contributed by atoms with Gasteiger partial charge in [-0.1, -0.05) is 17.7 Å². The molecule has 6 nitrogen and oxygen atoms in total. The molecule has 2 heterocycles. The third-order valence-electron chi connectivity index (χ3n) is 3.13. The number of amides is 1. The van der Waals surface area contributed by atoms with Crippen molar-refractivity contribution in [3.63, 3.8) is 0 Å². The van der Waals surface area contributed by atoms with Crippen molar-refractivity contribution in [3.05, 3.63) is 23.4 Å². The molecule has 22 heavy (non-hydrogen) atoms. The average Bonchev–Trinajstić information content (AvgIpc) is 2.80. The topological polar surface area (TPSA) is 60.9 Å². The molecule has 1 aliphatic rings. The molecule has 122 valence electrons. The Bertz CT molecular complexity index is 533. The zero-order valence-electron chi connectivity index (χ0n) is 13.2. The second kappa shape index (κ2) is 6.71. The van der Waals surface area contributed by atoms with E-state index in [1.54, 1.807) is 30.2 Å². The predicted octanol–water partition coefficient (Wildman–Crippen LogP) is 2.75. The molecule has 1 aromatic rings. The van der Waals surface area contributed by atoms with Gasteiger partial charge in [-0.3, -0.25) is 0 Å². The van der Waals surface area contributed by atoms with Crippen molar-refractivity contribution >= 4 is 17.7 Å². The van der Waals surface area contributed by atoms with Gasteiger partial charge in [-0.05, 0) is 26.8 Å². The molecule has 0 aromatic carbocycles. The average molecular weight is 329 g/mol. The molecule has 0 N–H and O–H groups in total. The van der Waals surface area contributed by atoms with E-state index in [4.69, 9.17) is 25.8 Å². The molecule has 7 heteroatoms. The first-order valence-corrected chi connectivity index (χ1v) is 7.46. The fourth-order valence-corrected chi connectivity index (χ4v) is 2.33. The number of likely N-dealkylation sites (tertiary alicyclic amines) is 1. The molecule has 0 spiro atoms. The van der Waals surface area contributed by atoms with Crippen LogP contribution in [0.5, 0.6) is 5.88 Å². The third kappa shape index (κ3) is 4.48. The maximum Gasteiger partial charge on any atom is 0.410 e. The molecule has 2 atom stereocenters.